The van der Waals surface area contributed by atoms with Crippen molar-refractivity contribution in [1.29, 1.82) is 0 Å². The summed E-state index contributed by atoms with van der Waals surface area (Å²) in [6.07, 6.45) is 2.16. The van der Waals surface area contributed by atoms with Gasteiger partial charge in [-0.2, -0.15) is 0 Å². The van der Waals surface area contributed by atoms with Gasteiger partial charge in [-0.1, -0.05) is 35.7 Å². The Balaban J connectivity index is 1.37. The van der Waals surface area contributed by atoms with Crippen LogP contribution < -0.4 is 15.4 Å². The van der Waals surface area contributed by atoms with E-state index in [0.717, 1.165) is 50.2 Å². The number of likely N-dealkylation sites (tertiary alicyclic amines) is 1. The van der Waals surface area contributed by atoms with Crippen LogP contribution in [0.25, 0.3) is 6.08 Å². The van der Waals surface area contributed by atoms with E-state index in [-0.39, 0.29) is 24.1 Å². The number of ether oxygens (including phenoxy) is 1. The SMILES string of the molecule is O=C(/C=C/c1ccc(OC(F)(F)F)c(F)c1)NC[C@H]1CCN(Cc2cc(Cl)cc(Cl)c2)C(=O)[C@@H](CCN2CCCCC2)N1. The van der Waals surface area contributed by atoms with Crippen LogP contribution >= 0.6 is 23.2 Å². The first-order valence-corrected chi connectivity index (χ1v) is 14.9. The fourth-order valence-electron chi connectivity index (χ4n) is 5.31. The number of piperidine rings is 1. The van der Waals surface area contributed by atoms with E-state index >= 15 is 0 Å². The topological polar surface area (TPSA) is 73.9 Å². The summed E-state index contributed by atoms with van der Waals surface area (Å²) in [5.41, 5.74) is 1.02. The summed E-state index contributed by atoms with van der Waals surface area (Å²) in [6.45, 7) is 3.86. The van der Waals surface area contributed by atoms with Crippen molar-refractivity contribution in [3.8, 4) is 5.75 Å². The van der Waals surface area contributed by atoms with Gasteiger partial charge >= 0.3 is 6.36 Å². The maximum atomic E-state index is 14.0. The molecule has 7 nitrogen and oxygen atoms in total. The lowest BCUT2D eigenvalue weighted by Crippen LogP contribution is -2.50. The molecule has 2 atom stereocenters. The summed E-state index contributed by atoms with van der Waals surface area (Å²) < 4.78 is 54.7. The fourth-order valence-corrected chi connectivity index (χ4v) is 5.88. The van der Waals surface area contributed by atoms with Gasteiger partial charge in [0.1, 0.15) is 0 Å². The summed E-state index contributed by atoms with van der Waals surface area (Å²) in [5.74, 6) is -2.65. The van der Waals surface area contributed by atoms with E-state index in [1.165, 1.54) is 24.6 Å². The first-order valence-electron chi connectivity index (χ1n) is 14.2. The predicted molar refractivity (Wildman–Crippen MR) is 157 cm³/mol. The molecule has 0 saturated carbocycles. The Morgan fingerprint density at radius 1 is 1.07 bits per heavy atom. The molecule has 0 aliphatic carbocycles. The molecule has 13 heteroatoms. The molecule has 2 aromatic rings. The number of halogens is 6. The number of rotatable bonds is 10. The molecular weight excluding hydrogens is 611 g/mol. The van der Waals surface area contributed by atoms with E-state index in [1.807, 2.05) is 0 Å². The summed E-state index contributed by atoms with van der Waals surface area (Å²) >= 11 is 12.4. The van der Waals surface area contributed by atoms with E-state index in [2.05, 4.69) is 20.3 Å². The first kappa shape index (κ1) is 33.0. The minimum atomic E-state index is -5.01. The largest absolute Gasteiger partial charge is 0.573 e. The lowest BCUT2D eigenvalue weighted by atomic mass is 10.1. The van der Waals surface area contributed by atoms with Gasteiger partial charge in [0.15, 0.2) is 11.6 Å². The highest BCUT2D eigenvalue weighted by atomic mass is 35.5. The third-order valence-electron chi connectivity index (χ3n) is 7.40. The molecule has 2 amide bonds. The summed E-state index contributed by atoms with van der Waals surface area (Å²) in [6, 6.07) is 7.47. The van der Waals surface area contributed by atoms with Crippen LogP contribution in [-0.2, 0) is 16.1 Å². The molecule has 0 spiro atoms. The van der Waals surface area contributed by atoms with Gasteiger partial charge in [0.05, 0.1) is 6.04 Å². The van der Waals surface area contributed by atoms with Crippen LogP contribution in [0.4, 0.5) is 17.6 Å². The van der Waals surface area contributed by atoms with Crippen LogP contribution in [0.2, 0.25) is 10.0 Å². The molecule has 2 heterocycles. The molecule has 0 radical (unpaired) electrons. The van der Waals surface area contributed by atoms with Crippen molar-refractivity contribution in [2.75, 3.05) is 32.7 Å². The monoisotopic (exact) mass is 644 g/mol. The molecule has 2 N–H and O–H groups in total. The van der Waals surface area contributed by atoms with E-state index in [1.54, 1.807) is 23.1 Å². The molecule has 2 aliphatic heterocycles. The van der Waals surface area contributed by atoms with E-state index in [9.17, 15) is 27.2 Å². The number of nitrogens with zero attached hydrogens (tertiary/aromatic N) is 2. The number of carbonyl (C=O) groups is 2. The molecule has 2 aliphatic rings. The zero-order valence-corrected chi connectivity index (χ0v) is 25.0. The van der Waals surface area contributed by atoms with Gasteiger partial charge in [0, 0.05) is 48.3 Å². The number of benzene rings is 2. The Bertz CT molecular complexity index is 1280. The fraction of sp³-hybridized carbons (Fsp3) is 0.467. The molecule has 4 rings (SSSR count). The lowest BCUT2D eigenvalue weighted by molar-refractivity contribution is -0.275. The molecule has 43 heavy (non-hydrogen) atoms. The average Bonchev–Trinajstić information content (AvgIpc) is 3.08. The second kappa shape index (κ2) is 15.2. The Kier molecular flexibility index (Phi) is 11.7. The maximum Gasteiger partial charge on any atom is 0.573 e. The van der Waals surface area contributed by atoms with Crippen molar-refractivity contribution in [2.45, 2.75) is 57.1 Å². The van der Waals surface area contributed by atoms with Crippen molar-refractivity contribution in [2.24, 2.45) is 0 Å². The minimum absolute atomic E-state index is 0.0261. The van der Waals surface area contributed by atoms with Gasteiger partial charge in [0.2, 0.25) is 11.8 Å². The summed E-state index contributed by atoms with van der Waals surface area (Å²) in [7, 11) is 0. The van der Waals surface area contributed by atoms with Gasteiger partial charge in [-0.25, -0.2) is 4.39 Å². The average molecular weight is 646 g/mol. The zero-order chi connectivity index (χ0) is 31.0. The van der Waals surface area contributed by atoms with E-state index in [4.69, 9.17) is 23.2 Å². The van der Waals surface area contributed by atoms with Gasteiger partial charge in [0.25, 0.3) is 0 Å². The quantitative estimate of drug-likeness (QED) is 0.253. The Morgan fingerprint density at radius 2 is 1.79 bits per heavy atom. The first-order chi connectivity index (χ1) is 20.4. The molecule has 0 aromatic heterocycles. The van der Waals surface area contributed by atoms with Crippen molar-refractivity contribution >= 4 is 41.1 Å². The summed E-state index contributed by atoms with van der Waals surface area (Å²) in [5, 5.41) is 7.22. The molecule has 0 unspecified atom stereocenters. The van der Waals surface area contributed by atoms with Crippen LogP contribution in [0.5, 0.6) is 5.75 Å². The van der Waals surface area contributed by atoms with Crippen molar-refractivity contribution < 1.29 is 31.9 Å². The Hall–Kier alpha value is -2.86. The molecule has 2 saturated heterocycles. The molecule has 2 aromatic carbocycles. The normalized spacial score (nSPS) is 20.3. The molecule has 234 valence electrons. The lowest BCUT2D eigenvalue weighted by Gasteiger charge is -2.30. The third kappa shape index (κ3) is 10.7. The van der Waals surface area contributed by atoms with Gasteiger partial charge < -0.3 is 25.2 Å². The smallest absolute Gasteiger partial charge is 0.403 e. The third-order valence-corrected chi connectivity index (χ3v) is 7.84. The maximum absolute atomic E-state index is 14.0. The molecule has 0 bridgehead atoms. The predicted octanol–water partition coefficient (Wildman–Crippen LogP) is 5.80. The highest BCUT2D eigenvalue weighted by Crippen LogP contribution is 2.26. The second-order valence-electron chi connectivity index (χ2n) is 10.7. The van der Waals surface area contributed by atoms with E-state index in [0.29, 0.717) is 36.0 Å². The molecular formula is C30H34Cl2F4N4O3. The van der Waals surface area contributed by atoms with Crippen LogP contribution in [0.1, 0.15) is 43.2 Å². The Labute approximate surface area is 258 Å². The minimum Gasteiger partial charge on any atom is -0.403 e. The number of nitrogens with one attached hydrogen (secondary N) is 2. The summed E-state index contributed by atoms with van der Waals surface area (Å²) in [4.78, 5) is 30.3. The van der Waals surface area contributed by atoms with Crippen LogP contribution in [0.15, 0.2) is 42.5 Å². The van der Waals surface area contributed by atoms with E-state index < -0.39 is 29.9 Å². The second-order valence-corrected chi connectivity index (χ2v) is 11.6. The zero-order valence-electron chi connectivity index (χ0n) is 23.4. The van der Waals surface area contributed by atoms with Gasteiger partial charge in [-0.05, 0) is 86.3 Å². The number of alkyl halides is 3. The van der Waals surface area contributed by atoms with Gasteiger partial charge in [-0.15, -0.1) is 13.2 Å². The number of hydrogen-bond acceptors (Lipinski definition) is 5. The van der Waals surface area contributed by atoms with Crippen molar-refractivity contribution in [3.05, 3.63) is 69.5 Å². The number of amides is 2. The number of hydrogen-bond donors (Lipinski definition) is 2. The van der Waals surface area contributed by atoms with Crippen LogP contribution in [-0.4, -0.2) is 72.8 Å². The Morgan fingerprint density at radius 3 is 2.47 bits per heavy atom. The van der Waals surface area contributed by atoms with Crippen molar-refractivity contribution in [3.63, 3.8) is 0 Å². The molecule has 2 fully saturated rings. The highest BCUT2D eigenvalue weighted by molar-refractivity contribution is 6.34. The van der Waals surface area contributed by atoms with Gasteiger partial charge in [-0.3, -0.25) is 9.59 Å². The highest BCUT2D eigenvalue weighted by Gasteiger charge is 2.33. The van der Waals surface area contributed by atoms with Crippen LogP contribution in [0, 0.1) is 5.82 Å². The standard InChI is InChI=1S/C30H34Cl2F4N4O3/c31-22-14-21(15-23(32)17-22)19-40-13-8-24(38-26(29(40)42)9-12-39-10-2-1-3-11-39)18-37-28(41)7-5-20-4-6-27(25(33)16-20)43-30(34,35)36/h4-7,14-17,24,26,38H,1-3,8-13,18-19H2,(H,37,41)/b7-5+/t24-,26-/m1/s1. The van der Waals surface area contributed by atoms with Crippen LogP contribution in [0.3, 0.4) is 0 Å². The van der Waals surface area contributed by atoms with Crippen molar-refractivity contribution in [1.82, 2.24) is 20.4 Å². The number of carbonyl (C=O) groups excluding carboxylic acids is 2.